The lowest BCUT2D eigenvalue weighted by Crippen LogP contribution is -2.09. The van der Waals surface area contributed by atoms with E-state index < -0.39 is 0 Å². The van der Waals surface area contributed by atoms with E-state index >= 15 is 0 Å². The Balaban J connectivity index is 1.05. The maximum absolute atomic E-state index is 6.72. The molecule has 0 spiro atoms. The Labute approximate surface area is 334 Å². The van der Waals surface area contributed by atoms with E-state index in [0.717, 1.165) is 88.8 Å². The van der Waals surface area contributed by atoms with Crippen molar-refractivity contribution in [2.24, 2.45) is 0 Å². The van der Waals surface area contributed by atoms with E-state index in [4.69, 9.17) is 8.83 Å². The summed E-state index contributed by atoms with van der Waals surface area (Å²) < 4.78 is 15.3. The van der Waals surface area contributed by atoms with Crippen LogP contribution in [0.3, 0.4) is 0 Å². The number of hydrogen-bond acceptors (Lipinski definition) is 3. The van der Waals surface area contributed by atoms with E-state index in [2.05, 4.69) is 198 Å². The number of benzene rings is 9. The highest BCUT2D eigenvalue weighted by Crippen LogP contribution is 2.43. The quantitative estimate of drug-likeness (QED) is 0.170. The molecule has 0 unspecified atom stereocenters. The normalized spacial score (nSPS) is 11.8. The molecule has 3 aromatic heterocycles. The van der Waals surface area contributed by atoms with Crippen LogP contribution >= 0.6 is 0 Å². The third kappa shape index (κ3) is 5.09. The Morgan fingerprint density at radius 3 is 1.71 bits per heavy atom. The van der Waals surface area contributed by atoms with Gasteiger partial charge in [-0.25, -0.2) is 0 Å². The Morgan fingerprint density at radius 1 is 0.328 bits per heavy atom. The van der Waals surface area contributed by atoms with E-state index in [-0.39, 0.29) is 0 Å². The second kappa shape index (κ2) is 12.9. The highest BCUT2D eigenvalue weighted by atomic mass is 16.3. The summed E-state index contributed by atoms with van der Waals surface area (Å²) in [7, 11) is 0. The second-order valence-electron chi connectivity index (χ2n) is 14.9. The van der Waals surface area contributed by atoms with Gasteiger partial charge in [-0.2, -0.15) is 0 Å². The van der Waals surface area contributed by atoms with Crippen molar-refractivity contribution in [3.63, 3.8) is 0 Å². The van der Waals surface area contributed by atoms with Gasteiger partial charge < -0.3 is 18.3 Å². The third-order valence-corrected chi connectivity index (χ3v) is 11.6. The smallest absolute Gasteiger partial charge is 0.143 e. The van der Waals surface area contributed by atoms with Gasteiger partial charge in [-0.1, -0.05) is 127 Å². The first kappa shape index (κ1) is 32.4. The van der Waals surface area contributed by atoms with E-state index in [9.17, 15) is 0 Å². The summed E-state index contributed by atoms with van der Waals surface area (Å²) in [4.78, 5) is 2.31. The minimum absolute atomic E-state index is 0.874. The number of anilines is 3. The molecule has 0 amide bonds. The van der Waals surface area contributed by atoms with E-state index in [1.807, 2.05) is 18.2 Å². The van der Waals surface area contributed by atoms with Crippen molar-refractivity contribution in [1.29, 1.82) is 0 Å². The molecule has 0 saturated heterocycles. The van der Waals surface area contributed by atoms with E-state index in [1.165, 1.54) is 21.9 Å². The van der Waals surface area contributed by atoms with Crippen LogP contribution in [0, 0.1) is 0 Å². The molecule has 0 N–H and O–H groups in total. The number of fused-ring (bicyclic) bond motifs is 9. The molecule has 0 aliphatic heterocycles. The lowest BCUT2D eigenvalue weighted by atomic mass is 10.00. The second-order valence-corrected chi connectivity index (χ2v) is 14.9. The minimum atomic E-state index is 0.874. The predicted octanol–water partition coefficient (Wildman–Crippen LogP) is 15.4. The molecule has 9 aromatic carbocycles. The molecular weight excluding hydrogens is 709 g/mol. The highest BCUT2D eigenvalue weighted by molar-refractivity contribution is 6.13. The molecular formula is C54H34N2O2. The summed E-state index contributed by atoms with van der Waals surface area (Å²) in [6, 6.07) is 73.2. The Morgan fingerprint density at radius 2 is 0.914 bits per heavy atom. The third-order valence-electron chi connectivity index (χ3n) is 11.6. The summed E-state index contributed by atoms with van der Waals surface area (Å²) in [5.74, 6) is 0. The molecule has 0 aliphatic rings. The highest BCUT2D eigenvalue weighted by Gasteiger charge is 2.20. The van der Waals surface area contributed by atoms with Crippen LogP contribution in [0.5, 0.6) is 0 Å². The first-order chi connectivity index (χ1) is 28.7. The number of hydrogen-bond donors (Lipinski definition) is 0. The standard InChI is InChI=1S/C54H34N2O2/c1-3-13-35(14-4-1)37-25-29-43-42-17-7-10-20-49(42)56(50(43)31-37)41-33-46(54-48(34-41)45-19-9-12-22-52(45)58-54)36-23-26-39(27-24-36)55(38-15-5-2-6-16-38)40-28-30-53-47(32-40)44-18-8-11-21-51(44)57-53/h1-34H. The SMILES string of the molecule is c1ccc(-c2ccc3c4ccccc4n(-c4cc(-c5ccc(N(c6ccccc6)c6ccc7oc8ccccc8c7c6)cc5)c5oc6ccccc6c5c4)c3c2)cc1. The van der Waals surface area contributed by atoms with Crippen LogP contribution in [0.25, 0.3) is 93.6 Å². The van der Waals surface area contributed by atoms with Crippen molar-refractivity contribution >= 4 is 82.7 Å². The van der Waals surface area contributed by atoms with Crippen molar-refractivity contribution in [3.8, 4) is 27.9 Å². The molecule has 12 aromatic rings. The number of aromatic nitrogens is 1. The average Bonchev–Trinajstić information content (AvgIpc) is 3.96. The Bertz CT molecular complexity index is 3500. The van der Waals surface area contributed by atoms with Gasteiger partial charge in [0.25, 0.3) is 0 Å². The van der Waals surface area contributed by atoms with Crippen LogP contribution in [0.15, 0.2) is 215 Å². The molecule has 58 heavy (non-hydrogen) atoms. The molecule has 4 nitrogen and oxygen atoms in total. The maximum Gasteiger partial charge on any atom is 0.143 e. The lowest BCUT2D eigenvalue weighted by molar-refractivity contribution is 0.669. The van der Waals surface area contributed by atoms with Gasteiger partial charge in [0, 0.05) is 60.6 Å². The Hall–Kier alpha value is -7.82. The number of furan rings is 2. The fraction of sp³-hybridized carbons (Fsp3) is 0. The summed E-state index contributed by atoms with van der Waals surface area (Å²) >= 11 is 0. The molecule has 0 saturated carbocycles. The molecule has 3 heterocycles. The van der Waals surface area contributed by atoms with Crippen molar-refractivity contribution in [2.75, 3.05) is 4.90 Å². The zero-order valence-electron chi connectivity index (χ0n) is 31.3. The maximum atomic E-state index is 6.72. The molecule has 0 radical (unpaired) electrons. The van der Waals surface area contributed by atoms with Crippen molar-refractivity contribution in [1.82, 2.24) is 4.57 Å². The van der Waals surface area contributed by atoms with Gasteiger partial charge in [0.15, 0.2) is 0 Å². The monoisotopic (exact) mass is 742 g/mol. The first-order valence-corrected chi connectivity index (χ1v) is 19.7. The summed E-state index contributed by atoms with van der Waals surface area (Å²) in [6.07, 6.45) is 0. The van der Waals surface area contributed by atoms with Gasteiger partial charge in [-0.3, -0.25) is 0 Å². The summed E-state index contributed by atoms with van der Waals surface area (Å²) in [6.45, 7) is 0. The number of para-hydroxylation sites is 4. The predicted molar refractivity (Wildman–Crippen MR) is 241 cm³/mol. The van der Waals surface area contributed by atoms with Crippen LogP contribution in [-0.4, -0.2) is 4.57 Å². The van der Waals surface area contributed by atoms with Gasteiger partial charge in [0.05, 0.1) is 11.0 Å². The molecule has 0 aliphatic carbocycles. The Kier molecular flexibility index (Phi) is 7.20. The van der Waals surface area contributed by atoms with Crippen LogP contribution in [0.4, 0.5) is 17.1 Å². The first-order valence-electron chi connectivity index (χ1n) is 19.7. The molecule has 0 atom stereocenters. The van der Waals surface area contributed by atoms with Crippen LogP contribution in [0.1, 0.15) is 0 Å². The van der Waals surface area contributed by atoms with Gasteiger partial charge in [0.2, 0.25) is 0 Å². The fourth-order valence-corrected chi connectivity index (χ4v) is 8.88. The van der Waals surface area contributed by atoms with Crippen LogP contribution in [0.2, 0.25) is 0 Å². The largest absolute Gasteiger partial charge is 0.456 e. The molecule has 272 valence electrons. The zero-order valence-corrected chi connectivity index (χ0v) is 31.3. The van der Waals surface area contributed by atoms with Crippen molar-refractivity contribution in [2.45, 2.75) is 0 Å². The van der Waals surface area contributed by atoms with Crippen molar-refractivity contribution in [3.05, 3.63) is 206 Å². The minimum Gasteiger partial charge on any atom is -0.456 e. The molecule has 12 rings (SSSR count). The number of nitrogens with zero attached hydrogens (tertiary/aromatic N) is 2. The molecule has 0 fully saturated rings. The molecule has 0 bridgehead atoms. The summed E-state index contributed by atoms with van der Waals surface area (Å²) in [5, 5.41) is 6.83. The topological polar surface area (TPSA) is 34.5 Å². The van der Waals surface area contributed by atoms with Gasteiger partial charge in [-0.05, 0) is 95.6 Å². The van der Waals surface area contributed by atoms with Crippen LogP contribution in [-0.2, 0) is 0 Å². The van der Waals surface area contributed by atoms with Gasteiger partial charge >= 0.3 is 0 Å². The molecule has 4 heteroatoms. The zero-order chi connectivity index (χ0) is 38.2. The van der Waals surface area contributed by atoms with E-state index in [0.29, 0.717) is 0 Å². The lowest BCUT2D eigenvalue weighted by Gasteiger charge is -2.25. The van der Waals surface area contributed by atoms with Gasteiger partial charge in [0.1, 0.15) is 22.3 Å². The van der Waals surface area contributed by atoms with Gasteiger partial charge in [-0.15, -0.1) is 0 Å². The average molecular weight is 743 g/mol. The van der Waals surface area contributed by atoms with Crippen LogP contribution < -0.4 is 4.90 Å². The number of rotatable bonds is 6. The van der Waals surface area contributed by atoms with Crippen molar-refractivity contribution < 1.29 is 8.83 Å². The van der Waals surface area contributed by atoms with E-state index in [1.54, 1.807) is 0 Å². The summed E-state index contributed by atoms with van der Waals surface area (Å²) in [5.41, 5.74) is 14.6. The fourth-order valence-electron chi connectivity index (χ4n) is 8.88.